The van der Waals surface area contributed by atoms with Crippen LogP contribution in [0.15, 0.2) is 21.5 Å². The molecule has 1 unspecified atom stereocenters. The number of nitrogens with two attached hydrogens (primary N) is 2. The van der Waals surface area contributed by atoms with Crippen molar-refractivity contribution in [1.29, 1.82) is 0 Å². The highest BCUT2D eigenvalue weighted by atomic mass is 79.9. The predicted octanol–water partition coefficient (Wildman–Crippen LogP) is 0.671. The molecule has 1 aromatic rings. The minimum Gasteiger partial charge on any atom is -0.390 e. The average Bonchev–Trinajstić information content (AvgIpc) is 2.48. The fourth-order valence-electron chi connectivity index (χ4n) is 1.77. The van der Waals surface area contributed by atoms with Crippen LogP contribution in [0, 0.1) is 5.82 Å². The minimum atomic E-state index is -1.85. The Morgan fingerprint density at radius 3 is 2.68 bits per heavy atom. The lowest BCUT2D eigenvalue weighted by Gasteiger charge is -2.11. The molecule has 22 heavy (non-hydrogen) atoms. The van der Waals surface area contributed by atoms with Crippen molar-refractivity contribution in [2.75, 3.05) is 31.5 Å². The van der Waals surface area contributed by atoms with Crippen LogP contribution in [0.2, 0.25) is 0 Å². The first-order chi connectivity index (χ1) is 10.5. The molecule has 7 N–H and O–H groups in total. The van der Waals surface area contributed by atoms with Gasteiger partial charge in [-0.2, -0.15) is 0 Å². The Labute approximate surface area is 140 Å². The summed E-state index contributed by atoms with van der Waals surface area (Å²) in [6.07, 6.45) is 1.28. The van der Waals surface area contributed by atoms with E-state index >= 15 is 0 Å². The standard InChI is InChI=1S/C13H22BrFN4O2S/c14-10-5-13(22(17)21)11(15)6-12(10)19-4-2-1-3-18-8-9(20)7-16/h5-6,9,18-20H,1-4,7-8,16-17H2/t9-,22?/m1/s1. The maximum atomic E-state index is 13.7. The van der Waals surface area contributed by atoms with Crippen LogP contribution < -0.4 is 21.5 Å². The molecule has 2 atom stereocenters. The fourth-order valence-corrected chi connectivity index (χ4v) is 2.89. The Hall–Kier alpha value is -0.580. The monoisotopic (exact) mass is 396 g/mol. The van der Waals surface area contributed by atoms with Gasteiger partial charge in [0.25, 0.3) is 0 Å². The van der Waals surface area contributed by atoms with E-state index < -0.39 is 22.9 Å². The number of rotatable bonds is 10. The summed E-state index contributed by atoms with van der Waals surface area (Å²) in [4.78, 5) is -0.0277. The first kappa shape index (κ1) is 19.5. The van der Waals surface area contributed by atoms with E-state index in [0.29, 0.717) is 23.2 Å². The molecule has 0 aromatic heterocycles. The average molecular weight is 397 g/mol. The maximum Gasteiger partial charge on any atom is 0.142 e. The van der Waals surface area contributed by atoms with Gasteiger partial charge in [-0.15, -0.1) is 0 Å². The summed E-state index contributed by atoms with van der Waals surface area (Å²) >= 11 is 3.30. The van der Waals surface area contributed by atoms with E-state index in [2.05, 4.69) is 26.6 Å². The molecule has 126 valence electrons. The number of halogens is 2. The number of nitrogens with one attached hydrogen (secondary N) is 2. The van der Waals surface area contributed by atoms with Gasteiger partial charge in [-0.1, -0.05) is 0 Å². The summed E-state index contributed by atoms with van der Waals surface area (Å²) in [5.74, 6) is -0.594. The molecule has 0 heterocycles. The summed E-state index contributed by atoms with van der Waals surface area (Å²) < 4.78 is 25.4. The van der Waals surface area contributed by atoms with Crippen molar-refractivity contribution in [3.8, 4) is 0 Å². The van der Waals surface area contributed by atoms with Gasteiger partial charge in [0.1, 0.15) is 16.8 Å². The molecule has 0 aliphatic carbocycles. The molecule has 1 rings (SSSR count). The first-order valence-corrected chi connectivity index (χ1v) is 8.94. The second-order valence-electron chi connectivity index (χ2n) is 4.79. The number of benzene rings is 1. The van der Waals surface area contributed by atoms with Crippen LogP contribution in [-0.4, -0.2) is 41.6 Å². The summed E-state index contributed by atoms with van der Waals surface area (Å²) in [6.45, 7) is 2.18. The van der Waals surface area contributed by atoms with E-state index in [0.717, 1.165) is 19.4 Å². The lowest BCUT2D eigenvalue weighted by Crippen LogP contribution is -2.33. The molecule has 0 fully saturated rings. The molecule has 9 heteroatoms. The van der Waals surface area contributed by atoms with Gasteiger partial charge in [-0.3, -0.25) is 0 Å². The van der Waals surface area contributed by atoms with E-state index in [1.165, 1.54) is 12.1 Å². The largest absolute Gasteiger partial charge is 0.390 e. The highest BCUT2D eigenvalue weighted by Crippen LogP contribution is 2.27. The third-order valence-electron chi connectivity index (χ3n) is 2.99. The highest BCUT2D eigenvalue weighted by molar-refractivity contribution is 9.10. The van der Waals surface area contributed by atoms with E-state index in [-0.39, 0.29) is 11.4 Å². The third kappa shape index (κ3) is 6.67. The van der Waals surface area contributed by atoms with Gasteiger partial charge in [-0.25, -0.2) is 13.7 Å². The molecule has 0 spiro atoms. The summed E-state index contributed by atoms with van der Waals surface area (Å²) in [5, 5.41) is 20.7. The molecule has 0 saturated heterocycles. The van der Waals surface area contributed by atoms with E-state index in [1.54, 1.807) is 0 Å². The Morgan fingerprint density at radius 2 is 2.05 bits per heavy atom. The number of unbranched alkanes of at least 4 members (excludes halogenated alkanes) is 1. The van der Waals surface area contributed by atoms with E-state index in [4.69, 9.17) is 10.9 Å². The Bertz CT molecular complexity index is 507. The van der Waals surface area contributed by atoms with Crippen molar-refractivity contribution in [3.05, 3.63) is 22.4 Å². The van der Waals surface area contributed by atoms with Gasteiger partial charge >= 0.3 is 0 Å². The number of anilines is 1. The van der Waals surface area contributed by atoms with Crippen molar-refractivity contribution in [3.63, 3.8) is 0 Å². The van der Waals surface area contributed by atoms with Crippen LogP contribution in [0.1, 0.15) is 12.8 Å². The zero-order valence-electron chi connectivity index (χ0n) is 12.1. The molecule has 6 nitrogen and oxygen atoms in total. The Kier molecular flexibility index (Phi) is 9.06. The topological polar surface area (TPSA) is 113 Å². The zero-order chi connectivity index (χ0) is 16.5. The molecule has 0 saturated carbocycles. The zero-order valence-corrected chi connectivity index (χ0v) is 14.6. The molecular weight excluding hydrogens is 375 g/mol. The normalized spacial score (nSPS) is 13.9. The Morgan fingerprint density at radius 1 is 1.36 bits per heavy atom. The molecule has 0 amide bonds. The van der Waals surface area contributed by atoms with Gasteiger partial charge in [-0.05, 0) is 47.4 Å². The van der Waals surface area contributed by atoms with Crippen molar-refractivity contribution < 1.29 is 13.7 Å². The second kappa shape index (κ2) is 10.2. The smallest absolute Gasteiger partial charge is 0.142 e. The van der Waals surface area contributed by atoms with Crippen molar-refractivity contribution >= 4 is 32.6 Å². The van der Waals surface area contributed by atoms with Gasteiger partial charge < -0.3 is 21.5 Å². The maximum absolute atomic E-state index is 13.7. The predicted molar refractivity (Wildman–Crippen MR) is 90.4 cm³/mol. The molecule has 1 aromatic carbocycles. The number of aliphatic hydroxyl groups is 1. The summed E-state index contributed by atoms with van der Waals surface area (Å²) in [5.41, 5.74) is 5.89. The van der Waals surface area contributed by atoms with Gasteiger partial charge in [0.15, 0.2) is 0 Å². The van der Waals surface area contributed by atoms with Crippen LogP contribution in [0.5, 0.6) is 0 Å². The van der Waals surface area contributed by atoms with Crippen LogP contribution in [0.4, 0.5) is 10.1 Å². The minimum absolute atomic E-state index is 0.0277. The van der Waals surface area contributed by atoms with Crippen LogP contribution in [-0.2, 0) is 11.0 Å². The summed E-state index contributed by atoms with van der Waals surface area (Å²) in [7, 11) is -1.85. The Balaban J connectivity index is 2.31. The van der Waals surface area contributed by atoms with Gasteiger partial charge in [0.2, 0.25) is 0 Å². The van der Waals surface area contributed by atoms with E-state index in [1.807, 2.05) is 0 Å². The molecule has 0 radical (unpaired) electrons. The van der Waals surface area contributed by atoms with Crippen molar-refractivity contribution in [1.82, 2.24) is 5.32 Å². The number of hydrogen-bond acceptors (Lipinski definition) is 5. The highest BCUT2D eigenvalue weighted by Gasteiger charge is 2.11. The van der Waals surface area contributed by atoms with E-state index in [9.17, 15) is 13.7 Å². The fraction of sp³-hybridized carbons (Fsp3) is 0.538. The van der Waals surface area contributed by atoms with Crippen molar-refractivity contribution in [2.45, 2.75) is 23.8 Å². The third-order valence-corrected chi connectivity index (χ3v) is 4.39. The second-order valence-corrected chi connectivity index (χ2v) is 6.68. The quantitative estimate of drug-likeness (QED) is 0.373. The molecule has 0 aliphatic heterocycles. The number of aliphatic hydroxyl groups excluding tert-OH is 1. The van der Waals surface area contributed by atoms with Crippen LogP contribution >= 0.6 is 15.9 Å². The molecule has 0 aliphatic rings. The molecule has 0 bridgehead atoms. The SMILES string of the molecule is NC[C@@H](O)CNCCCCNc1cc(F)c(S(N)=O)cc1Br. The van der Waals surface area contributed by atoms with Crippen LogP contribution in [0.25, 0.3) is 0 Å². The van der Waals surface area contributed by atoms with Gasteiger partial charge in [0, 0.05) is 24.1 Å². The molecular formula is C13H22BrFN4O2S. The van der Waals surface area contributed by atoms with Crippen LogP contribution in [0.3, 0.4) is 0 Å². The summed E-state index contributed by atoms with van der Waals surface area (Å²) in [6, 6.07) is 2.70. The first-order valence-electron chi connectivity index (χ1n) is 6.93. The van der Waals surface area contributed by atoms with Gasteiger partial charge in [0.05, 0.1) is 16.7 Å². The van der Waals surface area contributed by atoms with Crippen molar-refractivity contribution in [2.24, 2.45) is 10.9 Å². The lowest BCUT2D eigenvalue weighted by molar-refractivity contribution is 0.179. The number of hydrogen-bond donors (Lipinski definition) is 5. The lowest BCUT2D eigenvalue weighted by atomic mass is 10.2.